The molecule has 1 aromatic carbocycles. The third kappa shape index (κ3) is 3.49. The highest BCUT2D eigenvalue weighted by Gasteiger charge is 2.44. The maximum absolute atomic E-state index is 9.87. The fourth-order valence-electron chi connectivity index (χ4n) is 2.24. The Kier molecular flexibility index (Phi) is 5.57. The van der Waals surface area contributed by atoms with Gasteiger partial charge >= 0.3 is 0 Å². The van der Waals surface area contributed by atoms with Crippen LogP contribution in [0.25, 0.3) is 0 Å². The van der Waals surface area contributed by atoms with Crippen molar-refractivity contribution in [3.05, 3.63) is 23.8 Å². The van der Waals surface area contributed by atoms with Gasteiger partial charge in [-0.05, 0) is 24.1 Å². The van der Waals surface area contributed by atoms with Crippen LogP contribution in [0.2, 0.25) is 0 Å². The number of aromatic hydroxyl groups is 1. The molecule has 1 fully saturated rings. The van der Waals surface area contributed by atoms with Crippen molar-refractivity contribution in [3.8, 4) is 11.5 Å². The first-order valence-corrected chi connectivity index (χ1v) is 6.88. The SMILES string of the molecule is OCCc1ccc(OC2OC(CO)C(O)C(O)C2O)c(O)c1. The van der Waals surface area contributed by atoms with Crippen LogP contribution in [0.4, 0.5) is 0 Å². The second-order valence-electron chi connectivity index (χ2n) is 5.09. The fourth-order valence-corrected chi connectivity index (χ4v) is 2.24. The summed E-state index contributed by atoms with van der Waals surface area (Å²) in [5.41, 5.74) is 0.696. The van der Waals surface area contributed by atoms with Crippen LogP contribution in [-0.4, -0.2) is 74.6 Å². The Morgan fingerprint density at radius 2 is 1.77 bits per heavy atom. The third-order valence-corrected chi connectivity index (χ3v) is 3.52. The van der Waals surface area contributed by atoms with E-state index in [-0.39, 0.29) is 18.1 Å². The van der Waals surface area contributed by atoms with Crippen molar-refractivity contribution in [2.24, 2.45) is 0 Å². The Labute approximate surface area is 126 Å². The van der Waals surface area contributed by atoms with Gasteiger partial charge in [0.05, 0.1) is 6.61 Å². The molecule has 1 heterocycles. The number of rotatable bonds is 5. The number of aliphatic hydroxyl groups is 5. The van der Waals surface area contributed by atoms with Gasteiger partial charge in [-0.3, -0.25) is 0 Å². The summed E-state index contributed by atoms with van der Waals surface area (Å²) in [6.07, 6.45) is -6.64. The first-order valence-electron chi connectivity index (χ1n) is 6.88. The minimum atomic E-state index is -1.55. The maximum Gasteiger partial charge on any atom is 0.229 e. The number of hydrogen-bond acceptors (Lipinski definition) is 8. The zero-order chi connectivity index (χ0) is 16.3. The maximum atomic E-state index is 9.87. The summed E-state index contributed by atoms with van der Waals surface area (Å²) in [4.78, 5) is 0. The molecule has 124 valence electrons. The van der Waals surface area contributed by atoms with E-state index in [1.165, 1.54) is 12.1 Å². The molecule has 5 unspecified atom stereocenters. The van der Waals surface area contributed by atoms with Crippen LogP contribution >= 0.6 is 0 Å². The molecule has 0 amide bonds. The van der Waals surface area contributed by atoms with Gasteiger partial charge in [-0.25, -0.2) is 0 Å². The predicted octanol–water partition coefficient (Wildman–Crippen LogP) is -1.89. The van der Waals surface area contributed by atoms with Crippen molar-refractivity contribution in [2.75, 3.05) is 13.2 Å². The Bertz CT molecular complexity index is 492. The number of benzene rings is 1. The second-order valence-corrected chi connectivity index (χ2v) is 5.09. The van der Waals surface area contributed by atoms with E-state index in [1.54, 1.807) is 6.07 Å². The molecule has 1 aliphatic rings. The monoisotopic (exact) mass is 316 g/mol. The summed E-state index contributed by atoms with van der Waals surface area (Å²) in [6.45, 7) is -0.626. The van der Waals surface area contributed by atoms with Crippen molar-refractivity contribution in [1.29, 1.82) is 0 Å². The highest BCUT2D eigenvalue weighted by atomic mass is 16.7. The average Bonchev–Trinajstić information content (AvgIpc) is 2.50. The van der Waals surface area contributed by atoms with Crippen molar-refractivity contribution in [1.82, 2.24) is 0 Å². The van der Waals surface area contributed by atoms with Gasteiger partial charge in [-0.15, -0.1) is 0 Å². The average molecular weight is 316 g/mol. The molecule has 1 aliphatic heterocycles. The van der Waals surface area contributed by atoms with Gasteiger partial charge in [0, 0.05) is 6.61 Å². The van der Waals surface area contributed by atoms with E-state index in [9.17, 15) is 20.4 Å². The molecule has 0 radical (unpaired) electrons. The standard InChI is InChI=1S/C14H20O8/c15-4-3-7-1-2-9(8(17)5-7)21-14-13(20)12(19)11(18)10(6-16)22-14/h1-2,5,10-20H,3-4,6H2. The molecule has 0 saturated carbocycles. The van der Waals surface area contributed by atoms with Crippen LogP contribution in [0.3, 0.4) is 0 Å². The van der Waals surface area contributed by atoms with E-state index in [0.29, 0.717) is 12.0 Å². The normalized spacial score (nSPS) is 32.0. The molecular formula is C14H20O8. The molecule has 8 nitrogen and oxygen atoms in total. The zero-order valence-corrected chi connectivity index (χ0v) is 11.7. The lowest BCUT2D eigenvalue weighted by Crippen LogP contribution is -2.60. The van der Waals surface area contributed by atoms with Crippen LogP contribution in [0.1, 0.15) is 5.56 Å². The minimum Gasteiger partial charge on any atom is -0.504 e. The van der Waals surface area contributed by atoms with E-state index in [1.807, 2.05) is 0 Å². The van der Waals surface area contributed by atoms with E-state index in [2.05, 4.69) is 0 Å². The summed E-state index contributed by atoms with van der Waals surface area (Å²) < 4.78 is 10.5. The molecule has 8 heteroatoms. The van der Waals surface area contributed by atoms with Gasteiger partial charge in [0.15, 0.2) is 11.5 Å². The lowest BCUT2D eigenvalue weighted by molar-refractivity contribution is -0.277. The lowest BCUT2D eigenvalue weighted by Gasteiger charge is -2.39. The van der Waals surface area contributed by atoms with Gasteiger partial charge in [-0.2, -0.15) is 0 Å². The Morgan fingerprint density at radius 1 is 1.05 bits per heavy atom. The Morgan fingerprint density at radius 3 is 2.36 bits per heavy atom. The number of ether oxygens (including phenoxy) is 2. The molecule has 0 aromatic heterocycles. The van der Waals surface area contributed by atoms with Gasteiger partial charge < -0.3 is 40.1 Å². The summed E-state index contributed by atoms with van der Waals surface area (Å²) in [5.74, 6) is -0.214. The summed E-state index contributed by atoms with van der Waals surface area (Å²) in [5, 5.41) is 57.0. The molecule has 1 saturated heterocycles. The fraction of sp³-hybridized carbons (Fsp3) is 0.571. The molecule has 6 N–H and O–H groups in total. The van der Waals surface area contributed by atoms with Crippen molar-refractivity contribution in [2.45, 2.75) is 37.1 Å². The Balaban J connectivity index is 2.12. The summed E-state index contributed by atoms with van der Waals surface area (Å²) >= 11 is 0. The third-order valence-electron chi connectivity index (χ3n) is 3.52. The van der Waals surface area contributed by atoms with E-state index >= 15 is 0 Å². The van der Waals surface area contributed by atoms with Crippen molar-refractivity contribution < 1.29 is 40.1 Å². The van der Waals surface area contributed by atoms with Crippen LogP contribution in [-0.2, 0) is 11.2 Å². The van der Waals surface area contributed by atoms with E-state index in [0.717, 1.165) is 0 Å². The molecular weight excluding hydrogens is 296 g/mol. The highest BCUT2D eigenvalue weighted by molar-refractivity contribution is 5.42. The molecule has 2 rings (SSSR count). The number of phenolic OH excluding ortho intramolecular Hbond substituents is 1. The number of hydrogen-bond donors (Lipinski definition) is 6. The predicted molar refractivity (Wildman–Crippen MR) is 73.3 cm³/mol. The highest BCUT2D eigenvalue weighted by Crippen LogP contribution is 2.31. The number of phenols is 1. The lowest BCUT2D eigenvalue weighted by atomic mass is 9.99. The minimum absolute atomic E-state index is 0.00557. The van der Waals surface area contributed by atoms with Crippen LogP contribution in [0, 0.1) is 0 Å². The van der Waals surface area contributed by atoms with Gasteiger partial charge in [0.25, 0.3) is 0 Å². The van der Waals surface area contributed by atoms with E-state index < -0.39 is 37.3 Å². The molecule has 0 aliphatic carbocycles. The van der Waals surface area contributed by atoms with Gasteiger partial charge in [0.1, 0.15) is 24.4 Å². The zero-order valence-electron chi connectivity index (χ0n) is 11.7. The molecule has 1 aromatic rings. The largest absolute Gasteiger partial charge is 0.504 e. The number of aliphatic hydroxyl groups excluding tert-OH is 5. The topological polar surface area (TPSA) is 140 Å². The molecule has 0 bridgehead atoms. The van der Waals surface area contributed by atoms with Crippen LogP contribution in [0.15, 0.2) is 18.2 Å². The first-order chi connectivity index (χ1) is 10.5. The Hall–Kier alpha value is -1.42. The van der Waals surface area contributed by atoms with Crippen LogP contribution < -0.4 is 4.74 Å². The second kappa shape index (κ2) is 7.23. The van der Waals surface area contributed by atoms with Gasteiger partial charge in [0.2, 0.25) is 6.29 Å². The van der Waals surface area contributed by atoms with E-state index in [4.69, 9.17) is 19.7 Å². The first kappa shape index (κ1) is 16.9. The smallest absolute Gasteiger partial charge is 0.229 e. The van der Waals surface area contributed by atoms with Crippen LogP contribution in [0.5, 0.6) is 11.5 Å². The van der Waals surface area contributed by atoms with Crippen molar-refractivity contribution in [3.63, 3.8) is 0 Å². The van der Waals surface area contributed by atoms with Crippen molar-refractivity contribution >= 4 is 0 Å². The molecule has 5 atom stereocenters. The molecule has 22 heavy (non-hydrogen) atoms. The molecule has 0 spiro atoms. The summed E-state index contributed by atoms with van der Waals surface area (Å²) in [6, 6.07) is 4.45. The summed E-state index contributed by atoms with van der Waals surface area (Å²) in [7, 11) is 0. The van der Waals surface area contributed by atoms with Gasteiger partial charge in [-0.1, -0.05) is 6.07 Å². The quantitative estimate of drug-likeness (QED) is 0.370.